The number of amides is 2. The Bertz CT molecular complexity index is 1640. The molecule has 1 aliphatic rings. The molecule has 5 aromatic rings. The number of aryl methyl sites for hydroxylation is 2. The zero-order valence-corrected chi connectivity index (χ0v) is 22.1. The second-order valence-corrected chi connectivity index (χ2v) is 11.5. The van der Waals surface area contributed by atoms with Gasteiger partial charge in [-0.05, 0) is 86.0 Å². The zero-order valence-electron chi connectivity index (χ0n) is 19.7. The minimum absolute atomic E-state index is 0.0946. The van der Waals surface area contributed by atoms with Crippen molar-refractivity contribution in [3.8, 4) is 10.6 Å². The number of hydrogen-bond acceptors (Lipinski definition) is 6. The number of halogens is 1. The van der Waals surface area contributed by atoms with Crippen LogP contribution in [0.5, 0.6) is 0 Å². The molecule has 2 aromatic heterocycles. The van der Waals surface area contributed by atoms with Crippen LogP contribution in [-0.2, 0) is 11.2 Å². The molecule has 2 heterocycles. The van der Waals surface area contributed by atoms with E-state index in [1.807, 2.05) is 30.3 Å². The van der Waals surface area contributed by atoms with Crippen molar-refractivity contribution in [2.75, 3.05) is 10.6 Å². The number of hydrogen-bond donors (Lipinski definition) is 2. The second kappa shape index (κ2) is 9.70. The van der Waals surface area contributed by atoms with Gasteiger partial charge in [0.15, 0.2) is 5.13 Å². The van der Waals surface area contributed by atoms with Crippen molar-refractivity contribution in [2.24, 2.45) is 0 Å². The van der Waals surface area contributed by atoms with Gasteiger partial charge in [-0.15, -0.1) is 22.7 Å². The van der Waals surface area contributed by atoms with E-state index in [0.717, 1.165) is 43.5 Å². The van der Waals surface area contributed by atoms with Crippen LogP contribution in [0.3, 0.4) is 0 Å². The van der Waals surface area contributed by atoms with Gasteiger partial charge in [0.05, 0.1) is 21.8 Å². The third-order valence-corrected chi connectivity index (χ3v) is 8.67. The Morgan fingerprint density at radius 2 is 1.73 bits per heavy atom. The van der Waals surface area contributed by atoms with E-state index in [4.69, 9.17) is 16.6 Å². The summed E-state index contributed by atoms with van der Waals surface area (Å²) >= 11 is 8.99. The molecule has 0 saturated heterocycles. The molecule has 1 aliphatic carbocycles. The van der Waals surface area contributed by atoms with Gasteiger partial charge in [0.25, 0.3) is 5.91 Å². The highest BCUT2D eigenvalue weighted by Crippen LogP contribution is 2.39. The van der Waals surface area contributed by atoms with Crippen molar-refractivity contribution in [1.82, 2.24) is 9.97 Å². The molecule has 0 fully saturated rings. The number of carbonyl (C=O) groups excluding carboxylic acids is 2. The lowest BCUT2D eigenvalue weighted by molar-refractivity contribution is -0.117. The van der Waals surface area contributed by atoms with E-state index < -0.39 is 0 Å². The first-order valence-electron chi connectivity index (χ1n) is 11.8. The molecule has 0 radical (unpaired) electrons. The van der Waals surface area contributed by atoms with Crippen molar-refractivity contribution in [3.63, 3.8) is 0 Å². The number of thiazole rings is 2. The summed E-state index contributed by atoms with van der Waals surface area (Å²) in [7, 11) is 0. The molecule has 0 saturated carbocycles. The standard InChI is InChI=1S/C28H21ClN4O2S2/c1-15-2-12-21-23(14-15)36-27(31-21)17-5-9-19(10-6-17)30-26(35)20-11-13-22-24(20)32-28(37-22)33-25(34)16-3-7-18(29)8-4-16/h2-10,12,14,20H,11,13H2,1H3,(H,30,35)(H,32,33,34). The minimum atomic E-state index is -0.348. The van der Waals surface area contributed by atoms with E-state index in [-0.39, 0.29) is 17.7 Å². The number of rotatable bonds is 5. The van der Waals surface area contributed by atoms with Gasteiger partial charge in [0, 0.05) is 26.7 Å². The quantitative estimate of drug-likeness (QED) is 0.243. The number of benzene rings is 3. The molecule has 3 aromatic carbocycles. The molecule has 0 bridgehead atoms. The molecule has 2 N–H and O–H groups in total. The van der Waals surface area contributed by atoms with Crippen LogP contribution >= 0.6 is 34.3 Å². The minimum Gasteiger partial charge on any atom is -0.326 e. The van der Waals surface area contributed by atoms with Crippen LogP contribution in [0.4, 0.5) is 10.8 Å². The Hall–Kier alpha value is -3.59. The summed E-state index contributed by atoms with van der Waals surface area (Å²) in [6, 6.07) is 20.7. The van der Waals surface area contributed by atoms with Gasteiger partial charge < -0.3 is 5.32 Å². The van der Waals surface area contributed by atoms with Crippen molar-refractivity contribution in [1.29, 1.82) is 0 Å². The Morgan fingerprint density at radius 1 is 0.946 bits per heavy atom. The molecule has 6 rings (SSSR count). The fraction of sp³-hybridized carbons (Fsp3) is 0.143. The molecule has 6 nitrogen and oxygen atoms in total. The van der Waals surface area contributed by atoms with Gasteiger partial charge in [0.2, 0.25) is 5.91 Å². The maximum absolute atomic E-state index is 13.1. The van der Waals surface area contributed by atoms with Crippen LogP contribution in [0.15, 0.2) is 66.7 Å². The summed E-state index contributed by atoms with van der Waals surface area (Å²) in [5, 5.41) is 7.89. The van der Waals surface area contributed by atoms with Gasteiger partial charge >= 0.3 is 0 Å². The summed E-state index contributed by atoms with van der Waals surface area (Å²) in [6.07, 6.45) is 1.46. The lowest BCUT2D eigenvalue weighted by Crippen LogP contribution is -2.20. The lowest BCUT2D eigenvalue weighted by atomic mass is 10.1. The third kappa shape index (κ3) is 4.87. The Balaban J connectivity index is 1.13. The van der Waals surface area contributed by atoms with Gasteiger partial charge in [-0.3, -0.25) is 14.9 Å². The molecular weight excluding hydrogens is 524 g/mol. The molecule has 1 unspecified atom stereocenters. The normalized spacial score (nSPS) is 14.5. The Kier molecular flexibility index (Phi) is 6.24. The summed E-state index contributed by atoms with van der Waals surface area (Å²) in [4.78, 5) is 36.0. The largest absolute Gasteiger partial charge is 0.326 e. The maximum atomic E-state index is 13.1. The molecule has 37 heavy (non-hydrogen) atoms. The van der Waals surface area contributed by atoms with Crippen molar-refractivity contribution < 1.29 is 9.59 Å². The highest BCUT2D eigenvalue weighted by atomic mass is 35.5. The maximum Gasteiger partial charge on any atom is 0.257 e. The van der Waals surface area contributed by atoms with E-state index in [2.05, 4.69) is 34.7 Å². The monoisotopic (exact) mass is 544 g/mol. The average Bonchev–Trinajstić information content (AvgIpc) is 3.58. The topological polar surface area (TPSA) is 84.0 Å². The van der Waals surface area contributed by atoms with Crippen LogP contribution in [0.25, 0.3) is 20.8 Å². The van der Waals surface area contributed by atoms with E-state index in [1.54, 1.807) is 35.6 Å². The summed E-state index contributed by atoms with van der Waals surface area (Å²) < 4.78 is 1.16. The van der Waals surface area contributed by atoms with Crippen LogP contribution in [0.2, 0.25) is 5.02 Å². The SMILES string of the molecule is Cc1ccc2nc(-c3ccc(NC(=O)C4CCc5sc(NC(=O)c6ccc(Cl)cc6)nc54)cc3)sc2c1. The van der Waals surface area contributed by atoms with E-state index in [9.17, 15) is 9.59 Å². The summed E-state index contributed by atoms with van der Waals surface area (Å²) in [5.41, 5.74) is 5.19. The van der Waals surface area contributed by atoms with Crippen LogP contribution in [0.1, 0.15) is 38.8 Å². The fourth-order valence-corrected chi connectivity index (χ4v) is 6.62. The van der Waals surface area contributed by atoms with Gasteiger partial charge in [-0.1, -0.05) is 17.7 Å². The predicted octanol–water partition coefficient (Wildman–Crippen LogP) is 7.30. The first-order valence-corrected chi connectivity index (χ1v) is 13.8. The summed E-state index contributed by atoms with van der Waals surface area (Å²) in [6.45, 7) is 2.08. The number of nitrogens with zero attached hydrogens (tertiary/aromatic N) is 2. The van der Waals surface area contributed by atoms with E-state index in [0.29, 0.717) is 22.1 Å². The first-order chi connectivity index (χ1) is 17.9. The van der Waals surface area contributed by atoms with Gasteiger partial charge in [-0.25, -0.2) is 9.97 Å². The van der Waals surface area contributed by atoms with E-state index >= 15 is 0 Å². The van der Waals surface area contributed by atoms with E-state index in [1.165, 1.54) is 16.9 Å². The number of fused-ring (bicyclic) bond motifs is 2. The predicted molar refractivity (Wildman–Crippen MR) is 151 cm³/mol. The van der Waals surface area contributed by atoms with Gasteiger partial charge in [-0.2, -0.15) is 0 Å². The molecule has 2 amide bonds. The number of nitrogens with one attached hydrogen (secondary N) is 2. The average molecular weight is 545 g/mol. The fourth-order valence-electron chi connectivity index (χ4n) is 4.39. The molecular formula is C28H21ClN4O2S2. The van der Waals surface area contributed by atoms with Crippen LogP contribution in [0, 0.1) is 6.92 Å². The Morgan fingerprint density at radius 3 is 2.51 bits per heavy atom. The van der Waals surface area contributed by atoms with Crippen LogP contribution < -0.4 is 10.6 Å². The van der Waals surface area contributed by atoms with Crippen molar-refractivity contribution in [2.45, 2.75) is 25.7 Å². The number of aromatic nitrogens is 2. The second-order valence-electron chi connectivity index (χ2n) is 8.94. The van der Waals surface area contributed by atoms with Crippen LogP contribution in [-0.4, -0.2) is 21.8 Å². The van der Waals surface area contributed by atoms with Gasteiger partial charge in [0.1, 0.15) is 5.01 Å². The third-order valence-electron chi connectivity index (χ3n) is 6.30. The number of carbonyl (C=O) groups is 2. The molecule has 1 atom stereocenters. The Labute approximate surface area is 226 Å². The zero-order chi connectivity index (χ0) is 25.5. The highest BCUT2D eigenvalue weighted by molar-refractivity contribution is 7.21. The van der Waals surface area contributed by atoms with Crippen molar-refractivity contribution in [3.05, 3.63) is 93.5 Å². The molecule has 0 aliphatic heterocycles. The highest BCUT2D eigenvalue weighted by Gasteiger charge is 2.33. The number of anilines is 2. The van der Waals surface area contributed by atoms with Crippen molar-refractivity contribution >= 4 is 67.1 Å². The molecule has 184 valence electrons. The molecule has 9 heteroatoms. The molecule has 0 spiro atoms. The smallest absolute Gasteiger partial charge is 0.257 e. The first kappa shape index (κ1) is 23.8. The lowest BCUT2D eigenvalue weighted by Gasteiger charge is -2.11. The summed E-state index contributed by atoms with van der Waals surface area (Å²) in [5.74, 6) is -0.698.